The summed E-state index contributed by atoms with van der Waals surface area (Å²) >= 11 is 0. The fourth-order valence-corrected chi connectivity index (χ4v) is 8.78. The molecule has 10 aromatic rings. The second-order valence-electron chi connectivity index (χ2n) is 13.8. The quantitative estimate of drug-likeness (QED) is 0.127. The Morgan fingerprint density at radius 1 is 0.288 bits per heavy atom. The van der Waals surface area contributed by atoms with E-state index in [2.05, 4.69) is 195 Å². The Morgan fingerprint density at radius 2 is 0.731 bits per heavy atom. The van der Waals surface area contributed by atoms with Gasteiger partial charge in [-0.25, -0.2) is 0 Å². The minimum absolute atomic E-state index is 0.939. The van der Waals surface area contributed by atoms with E-state index in [1.54, 1.807) is 0 Å². The molecule has 0 aliphatic carbocycles. The van der Waals surface area contributed by atoms with Crippen LogP contribution in [0.3, 0.4) is 0 Å². The first kappa shape index (κ1) is 30.3. The van der Waals surface area contributed by atoms with Crippen LogP contribution in [0.25, 0.3) is 98.4 Å². The van der Waals surface area contributed by atoms with E-state index in [1.165, 1.54) is 104 Å². The highest BCUT2D eigenvalue weighted by molar-refractivity contribution is 6.26. The smallest absolute Gasteiger partial charge is 0.00199 e. The lowest BCUT2D eigenvalue weighted by Crippen LogP contribution is -1.96. The largest absolute Gasteiger partial charge is 0.0622 e. The van der Waals surface area contributed by atoms with E-state index in [1.807, 2.05) is 0 Å². The molecular formula is C52H36. The van der Waals surface area contributed by atoms with Gasteiger partial charge in [0.25, 0.3) is 0 Å². The van der Waals surface area contributed by atoms with Crippen LogP contribution in [0.2, 0.25) is 0 Å². The van der Waals surface area contributed by atoms with Crippen LogP contribution < -0.4 is 0 Å². The van der Waals surface area contributed by atoms with E-state index in [-0.39, 0.29) is 0 Å². The van der Waals surface area contributed by atoms with Crippen LogP contribution in [0.15, 0.2) is 188 Å². The summed E-state index contributed by atoms with van der Waals surface area (Å²) in [5, 5.41) is 12.8. The first-order valence-corrected chi connectivity index (χ1v) is 18.3. The average Bonchev–Trinajstić information content (AvgIpc) is 3.22. The van der Waals surface area contributed by atoms with Crippen LogP contribution in [-0.4, -0.2) is 0 Å². The maximum absolute atomic E-state index is 2.44. The third kappa shape index (κ3) is 4.76. The fourth-order valence-electron chi connectivity index (χ4n) is 8.78. The van der Waals surface area contributed by atoms with Gasteiger partial charge in [-0.2, -0.15) is 0 Å². The first-order valence-electron chi connectivity index (χ1n) is 18.3. The van der Waals surface area contributed by atoms with Gasteiger partial charge in [-0.15, -0.1) is 0 Å². The molecule has 0 fully saturated rings. The van der Waals surface area contributed by atoms with Gasteiger partial charge in [-0.1, -0.05) is 177 Å². The molecule has 0 saturated carbocycles. The number of hydrogen-bond donors (Lipinski definition) is 0. The zero-order chi connectivity index (χ0) is 34.6. The van der Waals surface area contributed by atoms with Gasteiger partial charge in [0.1, 0.15) is 0 Å². The maximum Gasteiger partial charge on any atom is -0.00199 e. The van der Waals surface area contributed by atoms with E-state index >= 15 is 0 Å². The molecule has 0 aliphatic rings. The molecule has 244 valence electrons. The van der Waals surface area contributed by atoms with Crippen LogP contribution in [0.5, 0.6) is 0 Å². The molecule has 0 bridgehead atoms. The fraction of sp³-hybridized carbons (Fsp3) is 0.0385. The SMILES string of the molecule is CCc1c(-c2ccccc2)cc2ccccc2c1-c1cccc(-c2c3ccccc3c(-c3cc4ccccc4c4ccccc34)c3ccccc23)c1. The summed E-state index contributed by atoms with van der Waals surface area (Å²) in [5.41, 5.74) is 11.6. The number of hydrogen-bond acceptors (Lipinski definition) is 0. The molecule has 0 heteroatoms. The van der Waals surface area contributed by atoms with Gasteiger partial charge < -0.3 is 0 Å². The highest BCUT2D eigenvalue weighted by Gasteiger charge is 2.20. The molecule has 0 heterocycles. The van der Waals surface area contributed by atoms with Crippen molar-refractivity contribution < 1.29 is 0 Å². The second kappa shape index (κ2) is 12.4. The number of rotatable bonds is 5. The van der Waals surface area contributed by atoms with Crippen molar-refractivity contribution in [1.29, 1.82) is 0 Å². The average molecular weight is 661 g/mol. The Hall–Kier alpha value is -6.50. The molecule has 0 saturated heterocycles. The minimum Gasteiger partial charge on any atom is -0.0622 e. The molecule has 0 nitrogen and oxygen atoms in total. The van der Waals surface area contributed by atoms with E-state index in [9.17, 15) is 0 Å². The lowest BCUT2D eigenvalue weighted by Gasteiger charge is -2.21. The molecule has 10 aromatic carbocycles. The Bertz CT molecular complexity index is 2930. The van der Waals surface area contributed by atoms with Crippen molar-refractivity contribution in [3.05, 3.63) is 194 Å². The molecule has 0 N–H and O–H groups in total. The summed E-state index contributed by atoms with van der Waals surface area (Å²) in [6.45, 7) is 2.29. The molecule has 0 amide bonds. The van der Waals surface area contributed by atoms with Gasteiger partial charge in [0.2, 0.25) is 0 Å². The van der Waals surface area contributed by atoms with E-state index in [4.69, 9.17) is 0 Å². The lowest BCUT2D eigenvalue weighted by molar-refractivity contribution is 1.15. The van der Waals surface area contributed by atoms with Crippen LogP contribution >= 0.6 is 0 Å². The van der Waals surface area contributed by atoms with Crippen molar-refractivity contribution in [3.63, 3.8) is 0 Å². The Balaban J connectivity index is 1.27. The van der Waals surface area contributed by atoms with Crippen molar-refractivity contribution >= 4 is 53.9 Å². The standard InChI is InChI=1S/C52H36/c1-2-39-48(34-17-4-3-5-18-34)32-36-20-7-9-24-41(36)50(39)37-21-16-22-38(31-37)51-44-27-12-14-29-46(44)52(47-30-15-13-28-45(47)51)49-33-35-19-6-8-23-40(35)42-25-10-11-26-43(42)49/h3-33H,2H2,1H3. The molecule has 10 rings (SSSR count). The van der Waals surface area contributed by atoms with Gasteiger partial charge in [0.15, 0.2) is 0 Å². The molecule has 0 spiro atoms. The molecule has 0 aromatic heterocycles. The minimum atomic E-state index is 0.939. The Morgan fingerprint density at radius 3 is 1.37 bits per heavy atom. The van der Waals surface area contributed by atoms with Crippen molar-refractivity contribution in [2.45, 2.75) is 13.3 Å². The predicted molar refractivity (Wildman–Crippen MR) is 225 cm³/mol. The van der Waals surface area contributed by atoms with Crippen LogP contribution in [0, 0.1) is 0 Å². The molecule has 0 radical (unpaired) electrons. The van der Waals surface area contributed by atoms with Crippen molar-refractivity contribution in [3.8, 4) is 44.5 Å². The van der Waals surface area contributed by atoms with E-state index in [0.717, 1.165) is 6.42 Å². The van der Waals surface area contributed by atoms with Crippen LogP contribution in [-0.2, 0) is 6.42 Å². The molecular weight excluding hydrogens is 625 g/mol. The summed E-state index contributed by atoms with van der Waals surface area (Å²) in [6.07, 6.45) is 0.939. The van der Waals surface area contributed by atoms with Crippen molar-refractivity contribution in [2.75, 3.05) is 0 Å². The Kier molecular flexibility index (Phi) is 7.22. The topological polar surface area (TPSA) is 0 Å². The monoisotopic (exact) mass is 660 g/mol. The second-order valence-corrected chi connectivity index (χ2v) is 13.8. The van der Waals surface area contributed by atoms with Crippen LogP contribution in [0.4, 0.5) is 0 Å². The maximum atomic E-state index is 2.44. The zero-order valence-electron chi connectivity index (χ0n) is 29.1. The lowest BCUT2D eigenvalue weighted by atomic mass is 9.82. The number of fused-ring (bicyclic) bond motifs is 6. The normalized spacial score (nSPS) is 11.6. The summed E-state index contributed by atoms with van der Waals surface area (Å²) in [4.78, 5) is 0. The highest BCUT2D eigenvalue weighted by Crippen LogP contribution is 2.47. The molecule has 0 unspecified atom stereocenters. The molecule has 0 atom stereocenters. The van der Waals surface area contributed by atoms with Crippen molar-refractivity contribution in [1.82, 2.24) is 0 Å². The van der Waals surface area contributed by atoms with E-state index < -0.39 is 0 Å². The van der Waals surface area contributed by atoms with Crippen LogP contribution in [0.1, 0.15) is 12.5 Å². The summed E-state index contributed by atoms with van der Waals surface area (Å²) in [7, 11) is 0. The predicted octanol–water partition coefficient (Wildman–Crippen LogP) is 14.7. The Labute approximate surface area is 304 Å². The highest BCUT2D eigenvalue weighted by atomic mass is 14.2. The summed E-state index contributed by atoms with van der Waals surface area (Å²) < 4.78 is 0. The van der Waals surface area contributed by atoms with Gasteiger partial charge in [0.05, 0.1) is 0 Å². The molecule has 52 heavy (non-hydrogen) atoms. The van der Waals surface area contributed by atoms with Gasteiger partial charge in [-0.05, 0) is 129 Å². The van der Waals surface area contributed by atoms with Gasteiger partial charge in [-0.3, -0.25) is 0 Å². The van der Waals surface area contributed by atoms with Crippen molar-refractivity contribution in [2.24, 2.45) is 0 Å². The number of benzene rings is 10. The summed E-state index contributed by atoms with van der Waals surface area (Å²) in [5.74, 6) is 0. The van der Waals surface area contributed by atoms with Gasteiger partial charge in [0, 0.05) is 0 Å². The summed E-state index contributed by atoms with van der Waals surface area (Å²) in [6, 6.07) is 69.6. The zero-order valence-corrected chi connectivity index (χ0v) is 29.1. The van der Waals surface area contributed by atoms with E-state index in [0.29, 0.717) is 0 Å². The van der Waals surface area contributed by atoms with Gasteiger partial charge >= 0.3 is 0 Å². The third-order valence-electron chi connectivity index (χ3n) is 11.0. The third-order valence-corrected chi connectivity index (χ3v) is 11.0. The molecule has 0 aliphatic heterocycles. The first-order chi connectivity index (χ1) is 25.8.